The van der Waals surface area contributed by atoms with Gasteiger partial charge in [-0.15, -0.1) is 11.3 Å². The number of nitro benzene ring substituents is 1. The first-order valence-corrected chi connectivity index (χ1v) is 8.90. The third kappa shape index (κ3) is 4.06. The van der Waals surface area contributed by atoms with Gasteiger partial charge in [0, 0.05) is 22.2 Å². The molecule has 0 aliphatic heterocycles. The molecule has 0 atom stereocenters. The number of hydrogen-bond donors (Lipinski definition) is 1. The second-order valence-corrected chi connectivity index (χ2v) is 6.73. The molecule has 0 aliphatic carbocycles. The summed E-state index contributed by atoms with van der Waals surface area (Å²) in [6, 6.07) is 15.0. The van der Waals surface area contributed by atoms with Gasteiger partial charge in [0.15, 0.2) is 0 Å². The molecule has 0 fully saturated rings. The van der Waals surface area contributed by atoms with Crippen LogP contribution in [0.3, 0.4) is 0 Å². The van der Waals surface area contributed by atoms with Gasteiger partial charge in [0.25, 0.3) is 11.6 Å². The summed E-state index contributed by atoms with van der Waals surface area (Å²) in [7, 11) is 1.57. The zero-order chi connectivity index (χ0) is 19.4. The first kappa shape index (κ1) is 18.4. The smallest absolute Gasteiger partial charge is 0.292 e. The number of carbonyl (C=O) groups is 1. The predicted octanol–water partition coefficient (Wildman–Crippen LogP) is 4.09. The summed E-state index contributed by atoms with van der Waals surface area (Å²) in [6.45, 7) is 0.348. The average molecular weight is 383 g/mol. The maximum Gasteiger partial charge on any atom is 0.292 e. The Labute approximate surface area is 159 Å². The van der Waals surface area contributed by atoms with E-state index in [1.807, 2.05) is 17.5 Å². The Morgan fingerprint density at radius 3 is 2.56 bits per heavy atom. The highest BCUT2D eigenvalue weighted by Crippen LogP contribution is 2.27. The molecule has 1 aromatic heterocycles. The van der Waals surface area contributed by atoms with E-state index >= 15 is 0 Å². The van der Waals surface area contributed by atoms with E-state index in [1.165, 1.54) is 29.5 Å². The summed E-state index contributed by atoms with van der Waals surface area (Å²) in [6.07, 6.45) is 0. The molecule has 1 amide bonds. The van der Waals surface area contributed by atoms with Gasteiger partial charge in [0.2, 0.25) is 0 Å². The van der Waals surface area contributed by atoms with Crippen molar-refractivity contribution in [2.75, 3.05) is 17.7 Å². The van der Waals surface area contributed by atoms with Crippen LogP contribution in [0.2, 0.25) is 0 Å². The Balaban J connectivity index is 1.99. The minimum atomic E-state index is -0.594. The van der Waals surface area contributed by atoms with E-state index < -0.39 is 4.92 Å². The number of ether oxygens (including phenoxy) is 1. The van der Waals surface area contributed by atoms with Gasteiger partial charge < -0.3 is 15.4 Å². The van der Waals surface area contributed by atoms with Gasteiger partial charge in [0.1, 0.15) is 11.4 Å². The SMILES string of the molecule is COc1ccc(N(Cc2cccs2)C(=O)c2ccc(N)c([N+](=O)[O-])c2)cc1. The number of anilines is 2. The fraction of sp³-hybridized carbons (Fsp3) is 0.105. The summed E-state index contributed by atoms with van der Waals surface area (Å²) in [5, 5.41) is 13.1. The van der Waals surface area contributed by atoms with Crippen molar-refractivity contribution in [1.29, 1.82) is 0 Å². The lowest BCUT2D eigenvalue weighted by Crippen LogP contribution is -2.30. The molecule has 0 bridgehead atoms. The Morgan fingerprint density at radius 2 is 1.96 bits per heavy atom. The van der Waals surface area contributed by atoms with Crippen LogP contribution in [-0.2, 0) is 6.54 Å². The second kappa shape index (κ2) is 7.88. The summed E-state index contributed by atoms with van der Waals surface area (Å²) in [4.78, 5) is 26.3. The number of benzene rings is 2. The van der Waals surface area contributed by atoms with Crippen LogP contribution >= 0.6 is 11.3 Å². The summed E-state index contributed by atoms with van der Waals surface area (Å²) in [5.41, 5.74) is 6.23. The van der Waals surface area contributed by atoms with Gasteiger partial charge in [-0.2, -0.15) is 0 Å². The first-order valence-electron chi connectivity index (χ1n) is 8.02. The quantitative estimate of drug-likeness (QED) is 0.393. The van der Waals surface area contributed by atoms with Crippen molar-refractivity contribution >= 4 is 34.3 Å². The Kier molecular flexibility index (Phi) is 5.37. The molecule has 3 aromatic rings. The van der Waals surface area contributed by atoms with Crippen LogP contribution in [0.5, 0.6) is 5.75 Å². The number of nitro groups is 1. The number of nitrogens with two attached hydrogens (primary N) is 1. The van der Waals surface area contributed by atoms with Crippen molar-refractivity contribution in [1.82, 2.24) is 0 Å². The average Bonchev–Trinajstić information content (AvgIpc) is 3.19. The van der Waals surface area contributed by atoms with Crippen LogP contribution in [0.15, 0.2) is 60.0 Å². The zero-order valence-corrected chi connectivity index (χ0v) is 15.3. The molecule has 138 valence electrons. The number of rotatable bonds is 6. The Morgan fingerprint density at radius 1 is 1.22 bits per heavy atom. The monoisotopic (exact) mass is 383 g/mol. The Hall–Kier alpha value is -3.39. The lowest BCUT2D eigenvalue weighted by Gasteiger charge is -2.23. The van der Waals surface area contributed by atoms with E-state index in [9.17, 15) is 14.9 Å². The van der Waals surface area contributed by atoms with Crippen LogP contribution < -0.4 is 15.4 Å². The van der Waals surface area contributed by atoms with Crippen molar-refractivity contribution in [3.63, 3.8) is 0 Å². The van der Waals surface area contributed by atoms with Crippen molar-refractivity contribution in [3.05, 3.63) is 80.5 Å². The molecule has 0 saturated carbocycles. The van der Waals surface area contributed by atoms with Gasteiger partial charge in [-0.3, -0.25) is 14.9 Å². The molecular formula is C19H17N3O4S. The molecule has 0 unspecified atom stereocenters. The third-order valence-electron chi connectivity index (χ3n) is 4.00. The molecule has 27 heavy (non-hydrogen) atoms. The van der Waals surface area contributed by atoms with Crippen molar-refractivity contribution < 1.29 is 14.5 Å². The summed E-state index contributed by atoms with van der Waals surface area (Å²) in [5.74, 6) is 0.321. The molecule has 0 spiro atoms. The highest BCUT2D eigenvalue weighted by atomic mass is 32.1. The largest absolute Gasteiger partial charge is 0.497 e. The number of thiophene rings is 1. The first-order chi connectivity index (χ1) is 13.0. The fourth-order valence-electron chi connectivity index (χ4n) is 2.59. The molecule has 0 saturated heterocycles. The number of nitrogen functional groups attached to an aromatic ring is 1. The third-order valence-corrected chi connectivity index (χ3v) is 4.86. The predicted molar refractivity (Wildman–Crippen MR) is 105 cm³/mol. The molecule has 0 aliphatic rings. The minimum Gasteiger partial charge on any atom is -0.497 e. The number of hydrogen-bond acceptors (Lipinski definition) is 6. The normalized spacial score (nSPS) is 10.4. The lowest BCUT2D eigenvalue weighted by molar-refractivity contribution is -0.383. The number of amides is 1. The van der Waals surface area contributed by atoms with Gasteiger partial charge in [0.05, 0.1) is 18.6 Å². The number of carbonyl (C=O) groups excluding carboxylic acids is 1. The van der Waals surface area contributed by atoms with Crippen molar-refractivity contribution in [2.45, 2.75) is 6.54 Å². The van der Waals surface area contributed by atoms with Gasteiger partial charge in [-0.25, -0.2) is 0 Å². The lowest BCUT2D eigenvalue weighted by atomic mass is 10.1. The van der Waals surface area contributed by atoms with E-state index in [-0.39, 0.29) is 22.8 Å². The number of methoxy groups -OCH3 is 1. The van der Waals surface area contributed by atoms with E-state index in [1.54, 1.807) is 36.3 Å². The molecule has 7 nitrogen and oxygen atoms in total. The highest BCUT2D eigenvalue weighted by Gasteiger charge is 2.22. The van der Waals surface area contributed by atoms with Crippen molar-refractivity contribution in [3.8, 4) is 5.75 Å². The summed E-state index contributed by atoms with van der Waals surface area (Å²) < 4.78 is 5.16. The van der Waals surface area contributed by atoms with Gasteiger partial charge in [-0.05, 0) is 47.8 Å². The standard InChI is InChI=1S/C19H17N3O4S/c1-26-15-7-5-14(6-8-15)21(12-16-3-2-10-27-16)19(23)13-4-9-17(20)18(11-13)22(24)25/h2-11H,12,20H2,1H3. The van der Waals surface area contributed by atoms with E-state index in [2.05, 4.69) is 0 Å². The Bertz CT molecular complexity index is 956. The van der Waals surface area contributed by atoms with Crippen LogP contribution in [0.25, 0.3) is 0 Å². The van der Waals surface area contributed by atoms with Crippen LogP contribution in [0.4, 0.5) is 17.1 Å². The molecule has 3 rings (SSSR count). The van der Waals surface area contributed by atoms with Gasteiger partial charge in [-0.1, -0.05) is 6.07 Å². The second-order valence-electron chi connectivity index (χ2n) is 5.70. The molecule has 0 radical (unpaired) electrons. The molecule has 1 heterocycles. The minimum absolute atomic E-state index is 0.0193. The van der Waals surface area contributed by atoms with E-state index in [0.29, 0.717) is 18.0 Å². The zero-order valence-electron chi connectivity index (χ0n) is 14.5. The van der Waals surface area contributed by atoms with Crippen LogP contribution in [0.1, 0.15) is 15.2 Å². The fourth-order valence-corrected chi connectivity index (χ4v) is 3.28. The van der Waals surface area contributed by atoms with Gasteiger partial charge >= 0.3 is 0 Å². The molecular weight excluding hydrogens is 366 g/mol. The number of nitrogens with zero attached hydrogens (tertiary/aromatic N) is 2. The summed E-state index contributed by atoms with van der Waals surface area (Å²) >= 11 is 1.53. The van der Waals surface area contributed by atoms with Crippen LogP contribution in [-0.4, -0.2) is 17.9 Å². The maximum atomic E-state index is 13.1. The highest BCUT2D eigenvalue weighted by molar-refractivity contribution is 7.09. The van der Waals surface area contributed by atoms with Crippen LogP contribution in [0, 0.1) is 10.1 Å². The maximum absolute atomic E-state index is 13.1. The molecule has 2 N–H and O–H groups in total. The van der Waals surface area contributed by atoms with Crippen molar-refractivity contribution in [2.24, 2.45) is 0 Å². The van der Waals surface area contributed by atoms with E-state index in [4.69, 9.17) is 10.5 Å². The topological polar surface area (TPSA) is 98.7 Å². The van der Waals surface area contributed by atoms with E-state index in [0.717, 1.165) is 4.88 Å². The molecule has 2 aromatic carbocycles. The molecule has 8 heteroatoms.